The zero-order valence-corrected chi connectivity index (χ0v) is 8.00. The van der Waals surface area contributed by atoms with Crippen LogP contribution in [0.4, 0.5) is 4.79 Å². The van der Waals surface area contributed by atoms with E-state index in [4.69, 9.17) is 5.11 Å². The van der Waals surface area contributed by atoms with Gasteiger partial charge in [0.05, 0.1) is 0 Å². The molecule has 70 valence electrons. The molecule has 1 N–H and O–H groups in total. The second-order valence-corrected chi connectivity index (χ2v) is 4.51. The maximum absolute atomic E-state index is 10.8. The van der Waals surface area contributed by atoms with Gasteiger partial charge in [-0.2, -0.15) is 0 Å². The summed E-state index contributed by atoms with van der Waals surface area (Å²) in [5.41, 5.74) is -0.256. The highest BCUT2D eigenvalue weighted by Crippen LogP contribution is 2.31. The third-order valence-electron chi connectivity index (χ3n) is 2.18. The summed E-state index contributed by atoms with van der Waals surface area (Å²) in [5.74, 6) is 0.625. The first-order valence-corrected chi connectivity index (χ1v) is 4.42. The molecule has 1 amide bonds. The van der Waals surface area contributed by atoms with Crippen molar-refractivity contribution >= 4 is 6.09 Å². The van der Waals surface area contributed by atoms with E-state index in [1.54, 1.807) is 0 Å². The molecular weight excluding hydrogens is 154 g/mol. The number of amides is 1. The Morgan fingerprint density at radius 2 is 2.00 bits per heavy atom. The van der Waals surface area contributed by atoms with Crippen LogP contribution in [-0.4, -0.2) is 28.2 Å². The summed E-state index contributed by atoms with van der Waals surface area (Å²) in [5, 5.41) is 8.91. The predicted octanol–water partition coefficient (Wildman–Crippen LogP) is 2.17. The molecule has 0 saturated heterocycles. The Morgan fingerprint density at radius 1 is 1.50 bits per heavy atom. The largest absolute Gasteiger partial charge is 0.465 e. The predicted molar refractivity (Wildman–Crippen MR) is 47.2 cm³/mol. The molecule has 0 atom stereocenters. The van der Waals surface area contributed by atoms with Crippen LogP contribution in [0, 0.1) is 5.92 Å². The fourth-order valence-corrected chi connectivity index (χ4v) is 1.20. The lowest BCUT2D eigenvalue weighted by atomic mass is 10.1. The molecule has 1 aliphatic rings. The molecule has 0 heterocycles. The van der Waals surface area contributed by atoms with Gasteiger partial charge in [-0.15, -0.1) is 0 Å². The average Bonchev–Trinajstić information content (AvgIpc) is 2.61. The second-order valence-electron chi connectivity index (χ2n) is 4.51. The molecule has 0 unspecified atom stereocenters. The quantitative estimate of drug-likeness (QED) is 0.691. The number of carboxylic acid groups (broad SMARTS) is 1. The molecule has 3 heteroatoms. The first kappa shape index (κ1) is 9.36. The molecule has 0 radical (unpaired) electrons. The third kappa shape index (κ3) is 2.40. The van der Waals surface area contributed by atoms with Crippen LogP contribution in [0.25, 0.3) is 0 Å². The number of rotatable bonds is 2. The van der Waals surface area contributed by atoms with Gasteiger partial charge < -0.3 is 10.0 Å². The van der Waals surface area contributed by atoms with Crippen LogP contribution in [0.3, 0.4) is 0 Å². The van der Waals surface area contributed by atoms with Gasteiger partial charge in [0.25, 0.3) is 0 Å². The van der Waals surface area contributed by atoms with Crippen molar-refractivity contribution in [3.8, 4) is 0 Å². The van der Waals surface area contributed by atoms with Gasteiger partial charge in [-0.05, 0) is 39.5 Å². The molecule has 1 rings (SSSR count). The Hall–Kier alpha value is -0.730. The minimum absolute atomic E-state index is 0.256. The first-order valence-electron chi connectivity index (χ1n) is 4.42. The van der Waals surface area contributed by atoms with Crippen molar-refractivity contribution in [3.63, 3.8) is 0 Å². The number of carbonyl (C=O) groups is 1. The summed E-state index contributed by atoms with van der Waals surface area (Å²) < 4.78 is 0. The summed E-state index contributed by atoms with van der Waals surface area (Å²) in [6.45, 7) is 6.51. The summed E-state index contributed by atoms with van der Waals surface area (Å²) in [7, 11) is 0. The van der Waals surface area contributed by atoms with E-state index in [0.717, 1.165) is 0 Å². The van der Waals surface area contributed by atoms with Gasteiger partial charge in [0, 0.05) is 12.1 Å². The van der Waals surface area contributed by atoms with E-state index in [-0.39, 0.29) is 5.54 Å². The minimum atomic E-state index is -0.797. The average molecular weight is 171 g/mol. The normalized spacial score (nSPS) is 17.6. The number of hydrogen-bond donors (Lipinski definition) is 1. The van der Waals surface area contributed by atoms with E-state index >= 15 is 0 Å². The Labute approximate surface area is 73.4 Å². The van der Waals surface area contributed by atoms with Crippen molar-refractivity contribution in [2.75, 3.05) is 6.54 Å². The van der Waals surface area contributed by atoms with E-state index in [0.29, 0.717) is 12.5 Å². The highest BCUT2D eigenvalue weighted by molar-refractivity contribution is 5.66. The molecule has 0 aromatic carbocycles. The zero-order valence-electron chi connectivity index (χ0n) is 8.00. The fourth-order valence-electron chi connectivity index (χ4n) is 1.20. The van der Waals surface area contributed by atoms with E-state index in [1.165, 1.54) is 17.7 Å². The molecule has 1 aliphatic carbocycles. The van der Waals surface area contributed by atoms with E-state index in [1.807, 2.05) is 20.8 Å². The van der Waals surface area contributed by atoms with Crippen molar-refractivity contribution in [1.82, 2.24) is 4.90 Å². The molecule has 0 aromatic rings. The Bertz CT molecular complexity index is 179. The molecule has 0 spiro atoms. The van der Waals surface area contributed by atoms with Crippen molar-refractivity contribution in [1.29, 1.82) is 0 Å². The SMILES string of the molecule is CC(C)(C)N(CC1CC1)C(=O)O. The van der Waals surface area contributed by atoms with E-state index in [2.05, 4.69) is 0 Å². The molecule has 12 heavy (non-hydrogen) atoms. The Morgan fingerprint density at radius 3 is 2.25 bits per heavy atom. The first-order chi connectivity index (χ1) is 5.41. The minimum Gasteiger partial charge on any atom is -0.465 e. The van der Waals surface area contributed by atoms with Crippen LogP contribution in [0.5, 0.6) is 0 Å². The fraction of sp³-hybridized carbons (Fsp3) is 0.889. The van der Waals surface area contributed by atoms with Crippen LogP contribution < -0.4 is 0 Å². The summed E-state index contributed by atoms with van der Waals surface area (Å²) in [4.78, 5) is 12.4. The van der Waals surface area contributed by atoms with Crippen LogP contribution in [0.15, 0.2) is 0 Å². The number of hydrogen-bond acceptors (Lipinski definition) is 1. The smallest absolute Gasteiger partial charge is 0.407 e. The van der Waals surface area contributed by atoms with Gasteiger partial charge in [-0.25, -0.2) is 4.79 Å². The lowest BCUT2D eigenvalue weighted by Crippen LogP contribution is -2.45. The van der Waals surface area contributed by atoms with Gasteiger partial charge in [-0.1, -0.05) is 0 Å². The van der Waals surface area contributed by atoms with Gasteiger partial charge in [0.2, 0.25) is 0 Å². The van der Waals surface area contributed by atoms with E-state index < -0.39 is 6.09 Å². The lowest BCUT2D eigenvalue weighted by Gasteiger charge is -2.33. The Kier molecular flexibility index (Phi) is 2.31. The maximum atomic E-state index is 10.8. The third-order valence-corrected chi connectivity index (χ3v) is 2.18. The lowest BCUT2D eigenvalue weighted by molar-refractivity contribution is 0.0971. The van der Waals surface area contributed by atoms with Crippen molar-refractivity contribution < 1.29 is 9.90 Å². The molecule has 0 aliphatic heterocycles. The van der Waals surface area contributed by atoms with Crippen LogP contribution in [0.1, 0.15) is 33.6 Å². The molecule has 3 nitrogen and oxygen atoms in total. The van der Waals surface area contributed by atoms with Gasteiger partial charge in [0.1, 0.15) is 0 Å². The van der Waals surface area contributed by atoms with Gasteiger partial charge in [-0.3, -0.25) is 0 Å². The van der Waals surface area contributed by atoms with E-state index in [9.17, 15) is 4.79 Å². The molecule has 0 bridgehead atoms. The summed E-state index contributed by atoms with van der Waals surface area (Å²) in [6.07, 6.45) is 1.59. The van der Waals surface area contributed by atoms with Crippen LogP contribution in [0.2, 0.25) is 0 Å². The maximum Gasteiger partial charge on any atom is 0.407 e. The van der Waals surface area contributed by atoms with Gasteiger partial charge in [0.15, 0.2) is 0 Å². The highest BCUT2D eigenvalue weighted by Gasteiger charge is 2.32. The van der Waals surface area contributed by atoms with Crippen LogP contribution >= 0.6 is 0 Å². The molecule has 1 saturated carbocycles. The Balaban J connectivity index is 2.53. The summed E-state index contributed by atoms with van der Waals surface area (Å²) in [6, 6.07) is 0. The van der Waals surface area contributed by atoms with Crippen molar-refractivity contribution in [2.24, 2.45) is 5.92 Å². The molecule has 0 aromatic heterocycles. The summed E-state index contributed by atoms with van der Waals surface area (Å²) >= 11 is 0. The van der Waals surface area contributed by atoms with Gasteiger partial charge >= 0.3 is 6.09 Å². The monoisotopic (exact) mass is 171 g/mol. The zero-order chi connectivity index (χ0) is 9.35. The number of nitrogens with zero attached hydrogens (tertiary/aromatic N) is 1. The standard InChI is InChI=1S/C9H17NO2/c1-9(2,3)10(8(11)12)6-7-4-5-7/h7H,4-6H2,1-3H3,(H,11,12). The van der Waals surface area contributed by atoms with Crippen LogP contribution in [-0.2, 0) is 0 Å². The van der Waals surface area contributed by atoms with Crippen molar-refractivity contribution in [2.45, 2.75) is 39.2 Å². The van der Waals surface area contributed by atoms with Crippen molar-refractivity contribution in [3.05, 3.63) is 0 Å². The molecule has 1 fully saturated rings. The highest BCUT2D eigenvalue weighted by atomic mass is 16.4. The second kappa shape index (κ2) is 2.96. The topological polar surface area (TPSA) is 40.5 Å². The molecular formula is C9H17NO2.